The minimum absolute atomic E-state index is 0.115. The molecule has 3 rings (SSSR count). The summed E-state index contributed by atoms with van der Waals surface area (Å²) in [6.45, 7) is 1.92. The zero-order valence-electron chi connectivity index (χ0n) is 14.9. The average molecular weight is 370 g/mol. The zero-order valence-corrected chi connectivity index (χ0v) is 14.9. The SMILES string of the molecule is CC(=O)Nc1ccc(N2C(=O)C[C@H]([NH2+]CCc3ccccc3F)C2=O)cc1. The highest BCUT2D eigenvalue weighted by Gasteiger charge is 2.42. The Morgan fingerprint density at radius 3 is 2.56 bits per heavy atom. The molecule has 1 saturated heterocycles. The molecule has 3 amide bonds. The maximum atomic E-state index is 13.7. The lowest BCUT2D eigenvalue weighted by Crippen LogP contribution is -2.92. The molecule has 0 aliphatic carbocycles. The van der Waals surface area contributed by atoms with Gasteiger partial charge >= 0.3 is 0 Å². The molecular formula is C20H21FN3O3+. The van der Waals surface area contributed by atoms with E-state index in [1.165, 1.54) is 17.9 Å². The van der Waals surface area contributed by atoms with E-state index in [0.717, 1.165) is 0 Å². The van der Waals surface area contributed by atoms with Gasteiger partial charge in [-0.05, 0) is 35.9 Å². The number of quaternary nitrogens is 1. The van der Waals surface area contributed by atoms with Crippen LogP contribution in [0.5, 0.6) is 0 Å². The van der Waals surface area contributed by atoms with Gasteiger partial charge in [0.25, 0.3) is 5.91 Å². The maximum Gasteiger partial charge on any atom is 0.292 e. The number of hydrogen-bond acceptors (Lipinski definition) is 3. The quantitative estimate of drug-likeness (QED) is 0.750. The first-order valence-electron chi connectivity index (χ1n) is 8.77. The highest BCUT2D eigenvalue weighted by molar-refractivity contribution is 6.21. The van der Waals surface area contributed by atoms with Crippen LogP contribution in [0.15, 0.2) is 48.5 Å². The number of nitrogens with one attached hydrogen (secondary N) is 1. The van der Waals surface area contributed by atoms with Crippen LogP contribution in [0.25, 0.3) is 0 Å². The normalized spacial score (nSPS) is 16.7. The Morgan fingerprint density at radius 2 is 1.89 bits per heavy atom. The molecule has 3 N–H and O–H groups in total. The van der Waals surface area contributed by atoms with E-state index in [9.17, 15) is 18.8 Å². The number of carbonyl (C=O) groups excluding carboxylic acids is 3. The van der Waals surface area contributed by atoms with E-state index in [1.807, 2.05) is 0 Å². The third-order valence-corrected chi connectivity index (χ3v) is 4.45. The number of rotatable bonds is 6. The first kappa shape index (κ1) is 18.7. The summed E-state index contributed by atoms with van der Waals surface area (Å²) >= 11 is 0. The van der Waals surface area contributed by atoms with Gasteiger partial charge in [0.1, 0.15) is 5.82 Å². The molecule has 1 aliphatic rings. The van der Waals surface area contributed by atoms with E-state index in [0.29, 0.717) is 29.9 Å². The van der Waals surface area contributed by atoms with E-state index in [-0.39, 0.29) is 30.0 Å². The summed E-state index contributed by atoms with van der Waals surface area (Å²) < 4.78 is 13.7. The van der Waals surface area contributed by atoms with Crippen LogP contribution in [0, 0.1) is 5.82 Å². The van der Waals surface area contributed by atoms with Crippen molar-refractivity contribution in [3.63, 3.8) is 0 Å². The third kappa shape index (κ3) is 4.38. The van der Waals surface area contributed by atoms with Crippen LogP contribution in [0.2, 0.25) is 0 Å². The highest BCUT2D eigenvalue weighted by Crippen LogP contribution is 2.23. The van der Waals surface area contributed by atoms with Crippen LogP contribution in [-0.2, 0) is 20.8 Å². The van der Waals surface area contributed by atoms with E-state index in [1.54, 1.807) is 47.8 Å². The molecular weight excluding hydrogens is 349 g/mol. The molecule has 0 radical (unpaired) electrons. The number of benzene rings is 2. The lowest BCUT2D eigenvalue weighted by molar-refractivity contribution is -0.674. The fraction of sp³-hybridized carbons (Fsp3) is 0.250. The van der Waals surface area contributed by atoms with E-state index in [2.05, 4.69) is 5.32 Å². The molecule has 27 heavy (non-hydrogen) atoms. The van der Waals surface area contributed by atoms with Crippen molar-refractivity contribution in [3.05, 3.63) is 59.9 Å². The Hall–Kier alpha value is -3.06. The number of halogens is 1. The first-order valence-corrected chi connectivity index (χ1v) is 8.77. The molecule has 0 bridgehead atoms. The van der Waals surface area contributed by atoms with Crippen molar-refractivity contribution < 1.29 is 24.1 Å². The van der Waals surface area contributed by atoms with Gasteiger partial charge in [0.2, 0.25) is 11.8 Å². The second-order valence-electron chi connectivity index (χ2n) is 6.47. The largest absolute Gasteiger partial charge is 0.335 e. The van der Waals surface area contributed by atoms with Crippen molar-refractivity contribution in [2.75, 3.05) is 16.8 Å². The molecule has 0 unspecified atom stereocenters. The second-order valence-corrected chi connectivity index (χ2v) is 6.47. The molecule has 0 spiro atoms. The topological polar surface area (TPSA) is 83.1 Å². The fourth-order valence-corrected chi connectivity index (χ4v) is 3.15. The predicted molar refractivity (Wildman–Crippen MR) is 98.5 cm³/mol. The van der Waals surface area contributed by atoms with E-state index in [4.69, 9.17) is 0 Å². The van der Waals surface area contributed by atoms with Crippen molar-refractivity contribution in [1.82, 2.24) is 0 Å². The summed E-state index contributed by atoms with van der Waals surface area (Å²) in [7, 11) is 0. The first-order chi connectivity index (χ1) is 13.0. The Bertz CT molecular complexity index is 867. The van der Waals surface area contributed by atoms with Gasteiger partial charge in [-0.2, -0.15) is 0 Å². The van der Waals surface area contributed by atoms with Crippen LogP contribution in [-0.4, -0.2) is 30.3 Å². The summed E-state index contributed by atoms with van der Waals surface area (Å²) in [5.74, 6) is -0.999. The maximum absolute atomic E-state index is 13.7. The second kappa shape index (κ2) is 8.09. The predicted octanol–water partition coefficient (Wildman–Crippen LogP) is 1.22. The van der Waals surface area contributed by atoms with E-state index >= 15 is 0 Å². The van der Waals surface area contributed by atoms with Crippen LogP contribution < -0.4 is 15.5 Å². The van der Waals surface area contributed by atoms with Crippen molar-refractivity contribution >= 4 is 29.1 Å². The molecule has 7 heteroatoms. The molecule has 0 saturated carbocycles. The third-order valence-electron chi connectivity index (χ3n) is 4.45. The average Bonchev–Trinajstić information content (AvgIpc) is 2.91. The van der Waals surface area contributed by atoms with Gasteiger partial charge in [-0.1, -0.05) is 18.2 Å². The van der Waals surface area contributed by atoms with Gasteiger partial charge in [0.05, 0.1) is 18.7 Å². The molecule has 140 valence electrons. The van der Waals surface area contributed by atoms with Crippen molar-refractivity contribution in [2.45, 2.75) is 25.8 Å². The van der Waals surface area contributed by atoms with Crippen LogP contribution >= 0.6 is 0 Å². The lowest BCUT2D eigenvalue weighted by Gasteiger charge is -2.15. The van der Waals surface area contributed by atoms with Gasteiger partial charge in [-0.3, -0.25) is 14.4 Å². The number of hydrogen-bond donors (Lipinski definition) is 2. The molecule has 2 aromatic carbocycles. The fourth-order valence-electron chi connectivity index (χ4n) is 3.15. The zero-order chi connectivity index (χ0) is 19.4. The monoisotopic (exact) mass is 370 g/mol. The summed E-state index contributed by atoms with van der Waals surface area (Å²) in [4.78, 5) is 37.2. The summed E-state index contributed by atoms with van der Waals surface area (Å²) in [6, 6.07) is 12.6. The van der Waals surface area contributed by atoms with E-state index < -0.39 is 6.04 Å². The van der Waals surface area contributed by atoms with Crippen LogP contribution in [0.4, 0.5) is 15.8 Å². The molecule has 1 fully saturated rings. The number of imide groups is 1. The van der Waals surface area contributed by atoms with Crippen molar-refractivity contribution in [3.8, 4) is 0 Å². The summed E-state index contributed by atoms with van der Waals surface area (Å²) in [6.07, 6.45) is 0.597. The lowest BCUT2D eigenvalue weighted by atomic mass is 10.1. The van der Waals surface area contributed by atoms with Gasteiger partial charge in [-0.15, -0.1) is 0 Å². The summed E-state index contributed by atoms with van der Waals surface area (Å²) in [5.41, 5.74) is 1.67. The van der Waals surface area contributed by atoms with Gasteiger partial charge in [0, 0.05) is 19.0 Å². The van der Waals surface area contributed by atoms with Gasteiger partial charge in [0.15, 0.2) is 6.04 Å². The smallest absolute Gasteiger partial charge is 0.292 e. The Labute approximate surface area is 156 Å². The standard InChI is InChI=1S/C20H20FN3O3/c1-13(25)23-15-6-8-16(9-7-15)24-19(26)12-18(20(24)27)22-11-10-14-4-2-3-5-17(14)21/h2-9,18,22H,10-12H2,1H3,(H,23,25)/p+1/t18-/m0/s1. The molecule has 1 atom stereocenters. The number of nitrogens with zero attached hydrogens (tertiary/aromatic N) is 1. The number of amides is 3. The number of carbonyl (C=O) groups is 3. The summed E-state index contributed by atoms with van der Waals surface area (Å²) in [5, 5.41) is 4.43. The minimum Gasteiger partial charge on any atom is -0.335 e. The minimum atomic E-state index is -0.501. The highest BCUT2D eigenvalue weighted by atomic mass is 19.1. The Balaban J connectivity index is 1.61. The Morgan fingerprint density at radius 1 is 1.19 bits per heavy atom. The molecule has 1 aliphatic heterocycles. The van der Waals surface area contributed by atoms with Crippen molar-refractivity contribution in [1.29, 1.82) is 0 Å². The van der Waals surface area contributed by atoms with Crippen molar-refractivity contribution in [2.24, 2.45) is 0 Å². The molecule has 2 aromatic rings. The Kier molecular flexibility index (Phi) is 5.61. The van der Waals surface area contributed by atoms with Crippen LogP contribution in [0.3, 0.4) is 0 Å². The van der Waals surface area contributed by atoms with Gasteiger partial charge < -0.3 is 10.6 Å². The van der Waals surface area contributed by atoms with Crippen LogP contribution in [0.1, 0.15) is 18.9 Å². The number of nitrogens with two attached hydrogens (primary N) is 1. The van der Waals surface area contributed by atoms with Gasteiger partial charge in [-0.25, -0.2) is 9.29 Å². The molecule has 6 nitrogen and oxygen atoms in total. The molecule has 0 aromatic heterocycles. The molecule has 1 heterocycles. The number of anilines is 2.